The van der Waals surface area contributed by atoms with Crippen LogP contribution in [0.3, 0.4) is 0 Å². The second kappa shape index (κ2) is 10.5. The molecule has 0 spiro atoms. The highest BCUT2D eigenvalue weighted by Crippen LogP contribution is 2.48. The fourth-order valence-electron chi connectivity index (χ4n) is 3.80. The maximum Gasteiger partial charge on any atom is 0.0223 e. The van der Waals surface area contributed by atoms with Crippen molar-refractivity contribution in [2.75, 3.05) is 0 Å². The van der Waals surface area contributed by atoms with Gasteiger partial charge in [0.25, 0.3) is 0 Å². The van der Waals surface area contributed by atoms with Crippen molar-refractivity contribution in [3.8, 4) is 0 Å². The van der Waals surface area contributed by atoms with Crippen molar-refractivity contribution in [2.45, 2.75) is 115 Å². The van der Waals surface area contributed by atoms with Crippen LogP contribution in [0.25, 0.3) is 0 Å². The Labute approximate surface area is 177 Å². The van der Waals surface area contributed by atoms with E-state index in [1.807, 2.05) is 0 Å². The van der Waals surface area contributed by atoms with Crippen molar-refractivity contribution in [1.29, 1.82) is 0 Å². The third-order valence-electron chi connectivity index (χ3n) is 6.55. The molecular weight excluding hydrogens is 427 g/mol. The summed E-state index contributed by atoms with van der Waals surface area (Å²) in [7, 11) is 0. The molecule has 0 aromatic heterocycles. The first-order valence-corrected chi connectivity index (χ1v) is 12.2. The van der Waals surface area contributed by atoms with Gasteiger partial charge in [-0.25, -0.2) is 0 Å². The van der Waals surface area contributed by atoms with Gasteiger partial charge in [-0.1, -0.05) is 93.7 Å². The Kier molecular flexibility index (Phi) is 8.97. The minimum absolute atomic E-state index is 0.535. The number of hydrogen-bond acceptors (Lipinski definition) is 0. The highest BCUT2D eigenvalue weighted by molar-refractivity contribution is 14.1. The van der Waals surface area contributed by atoms with Crippen molar-refractivity contribution in [2.24, 2.45) is 5.41 Å². The Hall–Kier alpha value is -0.0500. The second-order valence-electron chi connectivity index (χ2n) is 9.55. The fraction of sp³-hybridized carbons (Fsp3) is 0.760. The molecule has 0 unspecified atom stereocenters. The van der Waals surface area contributed by atoms with Gasteiger partial charge in [0, 0.05) is 3.42 Å². The molecule has 0 atom stereocenters. The lowest BCUT2D eigenvalue weighted by molar-refractivity contribution is 0.308. The summed E-state index contributed by atoms with van der Waals surface area (Å²) in [5.74, 6) is 0. The minimum atomic E-state index is 0.535. The Balaban J connectivity index is 1.61. The first-order valence-electron chi connectivity index (χ1n) is 11.1. The lowest BCUT2D eigenvalue weighted by atomic mass is 9.84. The van der Waals surface area contributed by atoms with E-state index in [1.165, 1.54) is 89.0 Å². The van der Waals surface area contributed by atoms with Crippen LogP contribution in [0.2, 0.25) is 0 Å². The maximum atomic E-state index is 2.68. The van der Waals surface area contributed by atoms with Gasteiger partial charge in [-0.15, -0.1) is 0 Å². The van der Waals surface area contributed by atoms with E-state index in [0.717, 1.165) is 0 Å². The average molecular weight is 469 g/mol. The monoisotopic (exact) mass is 468 g/mol. The van der Waals surface area contributed by atoms with Gasteiger partial charge in [0.15, 0.2) is 0 Å². The van der Waals surface area contributed by atoms with E-state index < -0.39 is 0 Å². The third-order valence-corrected chi connectivity index (χ3v) is 8.16. The zero-order chi connectivity index (χ0) is 19.0. The SMILES string of the molecule is CCC(C)(C)CCCCCc1ccc(CCCCCC2(I)CC2)cc1C. The van der Waals surface area contributed by atoms with Crippen LogP contribution < -0.4 is 0 Å². The van der Waals surface area contributed by atoms with E-state index in [2.05, 4.69) is 68.5 Å². The van der Waals surface area contributed by atoms with Crippen LogP contribution in [0.1, 0.15) is 108 Å². The van der Waals surface area contributed by atoms with E-state index >= 15 is 0 Å². The topological polar surface area (TPSA) is 0 Å². The van der Waals surface area contributed by atoms with Crippen LogP contribution in [0, 0.1) is 12.3 Å². The zero-order valence-corrected chi connectivity index (χ0v) is 20.0. The molecule has 0 saturated heterocycles. The lowest BCUT2D eigenvalue weighted by Gasteiger charge is -2.22. The van der Waals surface area contributed by atoms with Gasteiger partial charge in [-0.05, 0) is 80.4 Å². The first kappa shape index (κ1) is 22.2. The summed E-state index contributed by atoms with van der Waals surface area (Å²) in [5, 5.41) is 0. The molecule has 1 aliphatic carbocycles. The predicted molar refractivity (Wildman–Crippen MR) is 126 cm³/mol. The summed E-state index contributed by atoms with van der Waals surface area (Å²) in [6, 6.07) is 7.25. The summed E-state index contributed by atoms with van der Waals surface area (Å²) in [4.78, 5) is 0. The molecule has 0 nitrogen and oxygen atoms in total. The molecule has 1 heteroatoms. The molecule has 0 amide bonds. The fourth-order valence-corrected chi connectivity index (χ4v) is 4.45. The molecule has 1 aromatic rings. The molecule has 0 radical (unpaired) electrons. The van der Waals surface area contributed by atoms with Crippen LogP contribution in [-0.2, 0) is 12.8 Å². The van der Waals surface area contributed by atoms with E-state index in [-0.39, 0.29) is 0 Å². The van der Waals surface area contributed by atoms with Crippen LogP contribution >= 0.6 is 22.6 Å². The molecule has 148 valence electrons. The van der Waals surface area contributed by atoms with E-state index in [1.54, 1.807) is 11.1 Å². The van der Waals surface area contributed by atoms with Crippen LogP contribution in [0.5, 0.6) is 0 Å². The van der Waals surface area contributed by atoms with Crippen molar-refractivity contribution < 1.29 is 0 Å². The standard InChI is InChI=1S/C25H41I/c1-5-24(3,4)16-10-7-9-13-23-15-14-22(20-21(23)2)12-8-6-11-17-25(26)18-19-25/h14-15,20H,5-13,16-19H2,1-4H3. The van der Waals surface area contributed by atoms with E-state index in [9.17, 15) is 0 Å². The van der Waals surface area contributed by atoms with Gasteiger partial charge in [0.1, 0.15) is 0 Å². The van der Waals surface area contributed by atoms with E-state index in [4.69, 9.17) is 0 Å². The molecule has 26 heavy (non-hydrogen) atoms. The van der Waals surface area contributed by atoms with Gasteiger partial charge in [0.2, 0.25) is 0 Å². The predicted octanol–water partition coefficient (Wildman–Crippen LogP) is 8.60. The number of hydrogen-bond donors (Lipinski definition) is 0. The molecule has 2 rings (SSSR count). The maximum absolute atomic E-state index is 2.68. The minimum Gasteiger partial charge on any atom is -0.0789 e. The molecule has 0 aliphatic heterocycles. The van der Waals surface area contributed by atoms with Crippen molar-refractivity contribution in [3.63, 3.8) is 0 Å². The van der Waals surface area contributed by atoms with Gasteiger partial charge >= 0.3 is 0 Å². The number of benzene rings is 1. The van der Waals surface area contributed by atoms with Gasteiger partial charge < -0.3 is 0 Å². The Morgan fingerprint density at radius 3 is 2.31 bits per heavy atom. The zero-order valence-electron chi connectivity index (χ0n) is 17.8. The second-order valence-corrected chi connectivity index (χ2v) is 11.8. The highest BCUT2D eigenvalue weighted by atomic mass is 127. The number of rotatable bonds is 13. The molecule has 0 N–H and O–H groups in total. The summed E-state index contributed by atoms with van der Waals surface area (Å²) in [5.41, 5.74) is 5.17. The molecule has 0 bridgehead atoms. The highest BCUT2D eigenvalue weighted by Gasteiger charge is 2.38. The number of aryl methyl sites for hydroxylation is 3. The van der Waals surface area contributed by atoms with Crippen molar-refractivity contribution >= 4 is 22.6 Å². The molecule has 1 aliphatic rings. The summed E-state index contributed by atoms with van der Waals surface area (Å²) in [6.45, 7) is 9.44. The average Bonchev–Trinajstić information content (AvgIpc) is 3.33. The van der Waals surface area contributed by atoms with Gasteiger partial charge in [-0.3, -0.25) is 0 Å². The molecule has 1 aromatic carbocycles. The third kappa shape index (κ3) is 8.31. The number of unbranched alkanes of at least 4 members (excludes halogenated alkanes) is 4. The van der Waals surface area contributed by atoms with E-state index in [0.29, 0.717) is 8.84 Å². The number of alkyl halides is 1. The molecule has 0 heterocycles. The van der Waals surface area contributed by atoms with Crippen LogP contribution in [0.15, 0.2) is 18.2 Å². The van der Waals surface area contributed by atoms with Crippen LogP contribution in [0.4, 0.5) is 0 Å². The quantitative estimate of drug-likeness (QED) is 0.154. The van der Waals surface area contributed by atoms with Crippen molar-refractivity contribution in [1.82, 2.24) is 0 Å². The summed E-state index contributed by atoms with van der Waals surface area (Å²) >= 11 is 2.68. The molecule has 1 saturated carbocycles. The normalized spacial score (nSPS) is 16.0. The molecule has 1 fully saturated rings. The summed E-state index contributed by atoms with van der Waals surface area (Å²) in [6.07, 6.45) is 17.9. The Morgan fingerprint density at radius 2 is 1.65 bits per heavy atom. The van der Waals surface area contributed by atoms with Crippen LogP contribution in [-0.4, -0.2) is 3.42 Å². The number of halogens is 1. The largest absolute Gasteiger partial charge is 0.0789 e. The summed E-state index contributed by atoms with van der Waals surface area (Å²) < 4.78 is 0.711. The Morgan fingerprint density at radius 1 is 0.962 bits per heavy atom. The van der Waals surface area contributed by atoms with Gasteiger partial charge in [0.05, 0.1) is 0 Å². The van der Waals surface area contributed by atoms with Gasteiger partial charge in [-0.2, -0.15) is 0 Å². The lowest BCUT2D eigenvalue weighted by Crippen LogP contribution is -2.08. The van der Waals surface area contributed by atoms with Crippen molar-refractivity contribution in [3.05, 3.63) is 34.9 Å². The smallest absolute Gasteiger partial charge is 0.0223 e. The Bertz CT molecular complexity index is 539. The molecular formula is C25H41I. The first-order chi connectivity index (χ1) is 12.3.